The average molecular weight is 342 g/mol. The van der Waals surface area contributed by atoms with E-state index in [9.17, 15) is 9.59 Å². The number of aromatic nitrogens is 2. The van der Waals surface area contributed by atoms with Gasteiger partial charge in [0, 0.05) is 43.7 Å². The van der Waals surface area contributed by atoms with Crippen LogP contribution in [0.1, 0.15) is 16.9 Å². The average Bonchev–Trinajstić information content (AvgIpc) is 3.04. The molecule has 4 rings (SSSR count). The van der Waals surface area contributed by atoms with Gasteiger partial charge in [0.1, 0.15) is 0 Å². The fourth-order valence-electron chi connectivity index (χ4n) is 3.70. The topological polar surface area (TPSA) is 109 Å². The number of hydrogen-bond donors (Lipinski definition) is 2. The van der Waals surface area contributed by atoms with E-state index in [1.807, 2.05) is 6.07 Å². The van der Waals surface area contributed by atoms with Crippen molar-refractivity contribution >= 4 is 12.0 Å². The highest BCUT2D eigenvalue weighted by atomic mass is 16.5. The molecule has 8 nitrogen and oxygen atoms in total. The van der Waals surface area contributed by atoms with E-state index < -0.39 is 6.09 Å². The molecule has 2 aromatic rings. The minimum atomic E-state index is -0.838. The van der Waals surface area contributed by atoms with Crippen LogP contribution in [0.3, 0.4) is 0 Å². The number of carbonyl (C=O) groups excluding carboxylic acids is 1. The molecule has 1 aliphatic carbocycles. The van der Waals surface area contributed by atoms with Crippen molar-refractivity contribution in [3.05, 3.63) is 36.3 Å². The van der Waals surface area contributed by atoms with Crippen LogP contribution in [0.5, 0.6) is 0 Å². The Balaban J connectivity index is 1.24. The van der Waals surface area contributed by atoms with Gasteiger partial charge in [-0.1, -0.05) is 5.16 Å². The lowest BCUT2D eigenvalue weighted by Crippen LogP contribution is -2.31. The number of carbonyl (C=O) groups is 2. The molecule has 2 amide bonds. The Kier molecular flexibility index (Phi) is 3.87. The molecule has 2 aromatic heterocycles. The summed E-state index contributed by atoms with van der Waals surface area (Å²) in [5.41, 5.74) is 1.01. The van der Waals surface area contributed by atoms with Crippen molar-refractivity contribution in [2.45, 2.75) is 6.42 Å². The highest BCUT2D eigenvalue weighted by Gasteiger charge is 2.55. The van der Waals surface area contributed by atoms with E-state index in [0.29, 0.717) is 43.1 Å². The molecule has 0 spiro atoms. The zero-order valence-corrected chi connectivity index (χ0v) is 13.5. The summed E-state index contributed by atoms with van der Waals surface area (Å²) in [5, 5.41) is 15.6. The van der Waals surface area contributed by atoms with Gasteiger partial charge >= 0.3 is 6.09 Å². The van der Waals surface area contributed by atoms with Crippen LogP contribution < -0.4 is 5.32 Å². The highest BCUT2D eigenvalue weighted by molar-refractivity contribution is 5.93. The normalized spacial score (nSPS) is 24.0. The van der Waals surface area contributed by atoms with Gasteiger partial charge in [0.05, 0.1) is 0 Å². The number of rotatable bonds is 5. The molecule has 0 aromatic carbocycles. The van der Waals surface area contributed by atoms with Crippen molar-refractivity contribution in [1.29, 1.82) is 0 Å². The number of fused-ring (bicyclic) bond motifs is 1. The third-order valence-corrected chi connectivity index (χ3v) is 5.09. The number of amides is 2. The Labute approximate surface area is 143 Å². The van der Waals surface area contributed by atoms with Crippen molar-refractivity contribution in [1.82, 2.24) is 20.4 Å². The molecule has 1 saturated heterocycles. The molecule has 1 aliphatic heterocycles. The van der Waals surface area contributed by atoms with Crippen LogP contribution in [-0.4, -0.2) is 51.8 Å². The molecule has 2 aliphatic rings. The maximum Gasteiger partial charge on any atom is 0.407 e. The Morgan fingerprint density at radius 2 is 2.16 bits per heavy atom. The summed E-state index contributed by atoms with van der Waals surface area (Å²) in [5.74, 6) is 1.66. The van der Waals surface area contributed by atoms with Gasteiger partial charge in [-0.25, -0.2) is 4.79 Å². The molecule has 0 bridgehead atoms. The van der Waals surface area contributed by atoms with E-state index in [1.54, 1.807) is 24.5 Å². The maximum atomic E-state index is 12.1. The Bertz CT molecular complexity index is 779. The number of piperidine rings is 1. The van der Waals surface area contributed by atoms with Crippen LogP contribution in [0, 0.1) is 17.8 Å². The zero-order chi connectivity index (χ0) is 17.4. The second-order valence-corrected chi connectivity index (χ2v) is 6.54. The van der Waals surface area contributed by atoms with Gasteiger partial charge in [-0.3, -0.25) is 9.78 Å². The quantitative estimate of drug-likeness (QED) is 0.856. The van der Waals surface area contributed by atoms with E-state index >= 15 is 0 Å². The lowest BCUT2D eigenvalue weighted by Gasteiger charge is -2.15. The van der Waals surface area contributed by atoms with Crippen LogP contribution in [-0.2, 0) is 0 Å². The largest absolute Gasteiger partial charge is 0.465 e. The number of nitrogens with one attached hydrogen (secondary N) is 1. The standard InChI is InChI=1S/C17H18N4O4/c22-16(14-6-15(25-20-14)10-2-1-4-18-7-10)19-5-3-11-12-8-21(17(23)24)9-13(11)12/h1-2,4,6-7,11-13H,3,5,8-9H2,(H,19,22)(H,23,24). The van der Waals surface area contributed by atoms with E-state index in [2.05, 4.69) is 15.5 Å². The molecule has 130 valence electrons. The number of likely N-dealkylation sites (tertiary alicyclic amines) is 1. The Morgan fingerprint density at radius 1 is 1.36 bits per heavy atom. The third-order valence-electron chi connectivity index (χ3n) is 5.09. The maximum absolute atomic E-state index is 12.1. The molecule has 25 heavy (non-hydrogen) atoms. The first-order valence-corrected chi connectivity index (χ1v) is 8.26. The zero-order valence-electron chi connectivity index (χ0n) is 13.5. The summed E-state index contributed by atoms with van der Waals surface area (Å²) in [6, 6.07) is 5.22. The fourth-order valence-corrected chi connectivity index (χ4v) is 3.70. The minimum absolute atomic E-state index is 0.242. The number of pyridine rings is 1. The summed E-state index contributed by atoms with van der Waals surface area (Å²) in [6.07, 6.45) is 3.34. The van der Waals surface area contributed by atoms with E-state index in [-0.39, 0.29) is 11.6 Å². The molecule has 1 saturated carbocycles. The van der Waals surface area contributed by atoms with Crippen LogP contribution in [0.25, 0.3) is 11.3 Å². The van der Waals surface area contributed by atoms with Gasteiger partial charge in [0.15, 0.2) is 11.5 Å². The first-order valence-electron chi connectivity index (χ1n) is 8.26. The predicted molar refractivity (Wildman–Crippen MR) is 86.8 cm³/mol. The molecule has 8 heteroatoms. The van der Waals surface area contributed by atoms with E-state index in [1.165, 1.54) is 4.90 Å². The molecular weight excluding hydrogens is 324 g/mol. The van der Waals surface area contributed by atoms with Gasteiger partial charge in [-0.05, 0) is 36.3 Å². The summed E-state index contributed by atoms with van der Waals surface area (Å²) in [4.78, 5) is 28.5. The van der Waals surface area contributed by atoms with Crippen molar-refractivity contribution in [2.75, 3.05) is 19.6 Å². The van der Waals surface area contributed by atoms with Crippen molar-refractivity contribution in [2.24, 2.45) is 17.8 Å². The van der Waals surface area contributed by atoms with Gasteiger partial charge in [0.2, 0.25) is 0 Å². The molecule has 2 atom stereocenters. The summed E-state index contributed by atoms with van der Waals surface area (Å²) in [6.45, 7) is 1.80. The SMILES string of the molecule is O=C(NCCC1C2CN(C(=O)O)CC12)c1cc(-c2cccnc2)on1. The predicted octanol–water partition coefficient (Wildman–Crippen LogP) is 1.71. The number of hydrogen-bond acceptors (Lipinski definition) is 5. The van der Waals surface area contributed by atoms with Crippen LogP contribution in [0.4, 0.5) is 4.79 Å². The summed E-state index contributed by atoms with van der Waals surface area (Å²) < 4.78 is 5.19. The van der Waals surface area contributed by atoms with Crippen LogP contribution in [0.15, 0.2) is 35.1 Å². The number of carboxylic acid groups (broad SMARTS) is 1. The second-order valence-electron chi connectivity index (χ2n) is 6.54. The van der Waals surface area contributed by atoms with Crippen LogP contribution in [0.2, 0.25) is 0 Å². The van der Waals surface area contributed by atoms with Gasteiger partial charge in [0.25, 0.3) is 5.91 Å². The van der Waals surface area contributed by atoms with Crippen LogP contribution >= 0.6 is 0 Å². The lowest BCUT2D eigenvalue weighted by atomic mass is 10.2. The molecule has 2 unspecified atom stereocenters. The van der Waals surface area contributed by atoms with Gasteiger partial charge < -0.3 is 19.8 Å². The Morgan fingerprint density at radius 3 is 2.84 bits per heavy atom. The smallest absolute Gasteiger partial charge is 0.407 e. The van der Waals surface area contributed by atoms with E-state index in [0.717, 1.165) is 12.0 Å². The van der Waals surface area contributed by atoms with Crippen molar-refractivity contribution < 1.29 is 19.2 Å². The summed E-state index contributed by atoms with van der Waals surface area (Å²) in [7, 11) is 0. The molecule has 3 heterocycles. The van der Waals surface area contributed by atoms with Crippen molar-refractivity contribution in [3.8, 4) is 11.3 Å². The summed E-state index contributed by atoms with van der Waals surface area (Å²) >= 11 is 0. The van der Waals surface area contributed by atoms with Crippen molar-refractivity contribution in [3.63, 3.8) is 0 Å². The molecule has 2 N–H and O–H groups in total. The fraction of sp³-hybridized carbons (Fsp3) is 0.412. The van der Waals surface area contributed by atoms with Gasteiger partial charge in [-0.2, -0.15) is 0 Å². The molecular formula is C17H18N4O4. The molecule has 2 fully saturated rings. The monoisotopic (exact) mass is 342 g/mol. The minimum Gasteiger partial charge on any atom is -0.465 e. The first-order chi connectivity index (χ1) is 12.1. The van der Waals surface area contributed by atoms with E-state index in [4.69, 9.17) is 9.63 Å². The Hall–Kier alpha value is -2.90. The molecule has 0 radical (unpaired) electrons. The lowest BCUT2D eigenvalue weighted by molar-refractivity contribution is 0.0943. The highest BCUT2D eigenvalue weighted by Crippen LogP contribution is 2.53. The van der Waals surface area contributed by atoms with Gasteiger partial charge in [-0.15, -0.1) is 0 Å². The first kappa shape index (κ1) is 15.6. The number of nitrogens with zero attached hydrogens (tertiary/aromatic N) is 3. The second kappa shape index (κ2) is 6.19. The third kappa shape index (κ3) is 3.07.